The van der Waals surface area contributed by atoms with Gasteiger partial charge in [-0.3, -0.25) is 25.3 Å². The van der Waals surface area contributed by atoms with Crippen LogP contribution >= 0.6 is 0 Å². The van der Waals surface area contributed by atoms with E-state index >= 15 is 0 Å². The van der Waals surface area contributed by atoms with Crippen LogP contribution in [0.5, 0.6) is 0 Å². The quantitative estimate of drug-likeness (QED) is 0.132. The summed E-state index contributed by atoms with van der Waals surface area (Å²) in [5.74, 6) is 0.783. The molecule has 1 aromatic heterocycles. The van der Waals surface area contributed by atoms with Crippen molar-refractivity contribution in [3.63, 3.8) is 0 Å². The van der Waals surface area contributed by atoms with E-state index in [-0.39, 0.29) is 23.3 Å². The molecule has 6 aromatic rings. The van der Waals surface area contributed by atoms with Crippen molar-refractivity contribution in [3.8, 4) is 22.4 Å². The molecule has 0 saturated carbocycles. The zero-order valence-corrected chi connectivity index (χ0v) is 28.5. The van der Waals surface area contributed by atoms with Crippen molar-refractivity contribution >= 4 is 58.9 Å². The molecule has 0 aliphatic carbocycles. The first-order valence-corrected chi connectivity index (χ1v) is 17.2. The number of hydrogen-bond acceptors (Lipinski definition) is 8. The number of amides is 2. The van der Waals surface area contributed by atoms with Crippen LogP contribution in [0.2, 0.25) is 0 Å². The fourth-order valence-corrected chi connectivity index (χ4v) is 6.35. The van der Waals surface area contributed by atoms with Gasteiger partial charge in [-0.2, -0.15) is 0 Å². The molecule has 3 aliphatic rings. The standard InChI is InChI=1S/C43H29N9O2/c53-42-36(25-28-13-5-1-6-14-28)46-41-37-34(29-15-7-2-8-16-29)26-35(45-38(37)44-27-51(41)50-42)30-21-23-33(24-22-30)52-40(31-17-9-3-10-18-31)47-39(43(52)54)49-48-32-19-11-4-12-20-32/h1-27,48H,(H,50,53)/b36-25+,49-39-. The maximum atomic E-state index is 13.9. The smallest absolute Gasteiger partial charge is 0.276 e. The van der Waals surface area contributed by atoms with Gasteiger partial charge in [0.2, 0.25) is 5.84 Å². The molecule has 0 spiro atoms. The average Bonchev–Trinajstić information content (AvgIpc) is 3.56. The Kier molecular flexibility index (Phi) is 8.17. The molecular formula is C43H29N9O2. The maximum Gasteiger partial charge on any atom is 0.303 e. The Hall–Kier alpha value is -7.79. The monoisotopic (exact) mass is 703 g/mol. The molecule has 258 valence electrons. The lowest BCUT2D eigenvalue weighted by molar-refractivity contribution is -0.120. The molecule has 0 radical (unpaired) electrons. The zero-order chi connectivity index (χ0) is 36.4. The molecule has 0 bridgehead atoms. The molecule has 54 heavy (non-hydrogen) atoms. The lowest BCUT2D eigenvalue weighted by Gasteiger charge is -2.31. The number of carbonyl (C=O) groups is 2. The van der Waals surface area contributed by atoms with Crippen molar-refractivity contribution in [2.45, 2.75) is 0 Å². The van der Waals surface area contributed by atoms with Gasteiger partial charge in [0, 0.05) is 11.1 Å². The van der Waals surface area contributed by atoms with Crippen molar-refractivity contribution < 1.29 is 9.59 Å². The summed E-state index contributed by atoms with van der Waals surface area (Å²) in [5, 5.41) is 5.88. The lowest BCUT2D eigenvalue weighted by Crippen LogP contribution is -2.50. The van der Waals surface area contributed by atoms with Crippen molar-refractivity contribution in [1.82, 2.24) is 15.4 Å². The highest BCUT2D eigenvalue weighted by Gasteiger charge is 2.35. The van der Waals surface area contributed by atoms with Crippen LogP contribution in [0.3, 0.4) is 0 Å². The average molecular weight is 704 g/mol. The van der Waals surface area contributed by atoms with E-state index in [1.807, 2.05) is 152 Å². The van der Waals surface area contributed by atoms with E-state index in [2.05, 4.69) is 25.9 Å². The summed E-state index contributed by atoms with van der Waals surface area (Å²) in [4.78, 5) is 47.6. The Morgan fingerprint density at radius 1 is 0.667 bits per heavy atom. The van der Waals surface area contributed by atoms with E-state index in [9.17, 15) is 9.59 Å². The summed E-state index contributed by atoms with van der Waals surface area (Å²) >= 11 is 0. The normalized spacial score (nSPS) is 16.1. The van der Waals surface area contributed by atoms with Gasteiger partial charge in [0.15, 0.2) is 11.7 Å². The minimum Gasteiger partial charge on any atom is -0.276 e. The predicted octanol–water partition coefficient (Wildman–Crippen LogP) is 7.44. The summed E-state index contributed by atoms with van der Waals surface area (Å²) in [5.41, 5.74) is 13.0. The number of benzene rings is 5. The fourth-order valence-electron chi connectivity index (χ4n) is 6.35. The van der Waals surface area contributed by atoms with Gasteiger partial charge in [-0.25, -0.2) is 25.0 Å². The van der Waals surface area contributed by atoms with Crippen molar-refractivity contribution in [3.05, 3.63) is 174 Å². The molecule has 0 saturated heterocycles. The van der Waals surface area contributed by atoms with Gasteiger partial charge in [0.05, 0.1) is 22.6 Å². The zero-order valence-electron chi connectivity index (χ0n) is 28.5. The second kappa shape index (κ2) is 13.7. The van der Waals surface area contributed by atoms with Crippen molar-refractivity contribution in [2.24, 2.45) is 20.1 Å². The second-order valence-electron chi connectivity index (χ2n) is 12.5. The van der Waals surface area contributed by atoms with Crippen LogP contribution in [0.25, 0.3) is 28.5 Å². The van der Waals surface area contributed by atoms with E-state index in [1.165, 1.54) is 11.3 Å². The highest BCUT2D eigenvalue weighted by Crippen LogP contribution is 2.38. The number of carbonyl (C=O) groups excluding carboxylic acids is 2. The number of aromatic nitrogens is 1. The number of amidine groups is 3. The second-order valence-corrected chi connectivity index (χ2v) is 12.5. The summed E-state index contributed by atoms with van der Waals surface area (Å²) in [6.07, 6.45) is 3.27. The van der Waals surface area contributed by atoms with E-state index in [0.717, 1.165) is 33.5 Å². The first kappa shape index (κ1) is 32.1. The van der Waals surface area contributed by atoms with Crippen molar-refractivity contribution in [2.75, 3.05) is 10.3 Å². The maximum absolute atomic E-state index is 13.9. The Labute approximate surface area is 310 Å². The Bertz CT molecular complexity index is 2570. The Morgan fingerprint density at radius 2 is 1.31 bits per heavy atom. The number of hydrazone groups is 1. The molecular weight excluding hydrogens is 675 g/mol. The van der Waals surface area contributed by atoms with E-state index < -0.39 is 0 Å². The minimum absolute atomic E-state index is 0.0427. The number of nitrogens with zero attached hydrogens (tertiary/aromatic N) is 7. The molecule has 11 heteroatoms. The van der Waals surface area contributed by atoms with Crippen LogP contribution in [0.4, 0.5) is 17.2 Å². The number of para-hydroxylation sites is 1. The SMILES string of the molecule is O=C1NN2C=Nc3nc(-c4ccc(N5C(=O)/C(=N/Nc6ccccc6)N=C5c5ccccc5)cc4)cc(-c4ccccc4)c3C2=N/C1=C/c1ccccc1. The number of rotatable bonds is 7. The first-order chi connectivity index (χ1) is 26.6. The fraction of sp³-hybridized carbons (Fsp3) is 0. The highest BCUT2D eigenvalue weighted by atomic mass is 16.2. The van der Waals surface area contributed by atoms with E-state index in [0.29, 0.717) is 34.4 Å². The molecule has 0 unspecified atom stereocenters. The van der Waals surface area contributed by atoms with Crippen LogP contribution < -0.4 is 15.8 Å². The molecule has 11 nitrogen and oxygen atoms in total. The summed E-state index contributed by atoms with van der Waals surface area (Å²) < 4.78 is 0. The number of aliphatic imine (C=N–C) groups is 3. The van der Waals surface area contributed by atoms with Gasteiger partial charge in [-0.1, -0.05) is 121 Å². The van der Waals surface area contributed by atoms with Crippen LogP contribution in [0, 0.1) is 0 Å². The molecule has 4 heterocycles. The molecule has 2 N–H and O–H groups in total. The van der Waals surface area contributed by atoms with Crippen LogP contribution in [0.15, 0.2) is 177 Å². The molecule has 5 aromatic carbocycles. The third kappa shape index (κ3) is 6.11. The topological polar surface area (TPSA) is 127 Å². The van der Waals surface area contributed by atoms with Gasteiger partial charge in [-0.15, -0.1) is 5.10 Å². The molecule has 2 amide bonds. The number of pyridine rings is 1. The summed E-state index contributed by atoms with van der Waals surface area (Å²) in [6, 6.07) is 48.0. The van der Waals surface area contributed by atoms with Crippen LogP contribution in [-0.4, -0.2) is 45.7 Å². The summed E-state index contributed by atoms with van der Waals surface area (Å²) in [7, 11) is 0. The Morgan fingerprint density at radius 3 is 2.02 bits per heavy atom. The number of hydrogen-bond donors (Lipinski definition) is 2. The molecule has 3 aliphatic heterocycles. The third-order valence-electron chi connectivity index (χ3n) is 8.95. The number of fused-ring (bicyclic) bond motifs is 3. The largest absolute Gasteiger partial charge is 0.303 e. The summed E-state index contributed by atoms with van der Waals surface area (Å²) in [6.45, 7) is 0. The molecule has 9 rings (SSSR count). The lowest BCUT2D eigenvalue weighted by atomic mass is 9.96. The van der Waals surface area contributed by atoms with Gasteiger partial charge in [0.25, 0.3) is 5.91 Å². The van der Waals surface area contributed by atoms with Crippen molar-refractivity contribution in [1.29, 1.82) is 0 Å². The number of nitrogens with one attached hydrogen (secondary N) is 2. The predicted molar refractivity (Wildman–Crippen MR) is 212 cm³/mol. The number of anilines is 2. The van der Waals surface area contributed by atoms with E-state index in [1.54, 1.807) is 11.0 Å². The minimum atomic E-state index is -0.358. The Balaban J connectivity index is 1.10. The van der Waals surface area contributed by atoms with Gasteiger partial charge in [-0.05, 0) is 53.1 Å². The highest BCUT2D eigenvalue weighted by molar-refractivity contribution is 6.55. The van der Waals surface area contributed by atoms with Gasteiger partial charge < -0.3 is 0 Å². The third-order valence-corrected chi connectivity index (χ3v) is 8.95. The van der Waals surface area contributed by atoms with Gasteiger partial charge in [0.1, 0.15) is 17.9 Å². The molecule has 0 atom stereocenters. The van der Waals surface area contributed by atoms with Crippen LogP contribution in [-0.2, 0) is 9.59 Å². The molecule has 0 fully saturated rings. The van der Waals surface area contributed by atoms with Crippen LogP contribution in [0.1, 0.15) is 16.7 Å². The van der Waals surface area contributed by atoms with Gasteiger partial charge >= 0.3 is 5.91 Å². The van der Waals surface area contributed by atoms with E-state index in [4.69, 9.17) is 9.98 Å². The number of hydrazine groups is 1. The first-order valence-electron chi connectivity index (χ1n) is 17.2.